The second kappa shape index (κ2) is 9.43. The van der Waals surface area contributed by atoms with Gasteiger partial charge < -0.3 is 14.5 Å². The molecular weight excluding hydrogens is 398 g/mol. The van der Waals surface area contributed by atoms with Gasteiger partial charge in [-0.25, -0.2) is 4.79 Å². The number of carbonyl (C=O) groups excluding carboxylic acids is 1. The summed E-state index contributed by atoms with van der Waals surface area (Å²) in [6.07, 6.45) is 7.51. The van der Waals surface area contributed by atoms with Crippen molar-refractivity contribution < 1.29 is 9.53 Å². The lowest BCUT2D eigenvalue weighted by atomic mass is 9.93. The van der Waals surface area contributed by atoms with E-state index in [1.807, 2.05) is 0 Å². The van der Waals surface area contributed by atoms with Crippen molar-refractivity contribution in [3.05, 3.63) is 83.2 Å². The number of aromatic nitrogens is 1. The topological polar surface area (TPSA) is 45.7 Å². The molecule has 0 amide bonds. The molecule has 3 aromatic rings. The number of esters is 1. The molecule has 1 aromatic heterocycles. The van der Waals surface area contributed by atoms with Gasteiger partial charge in [0.25, 0.3) is 0 Å². The van der Waals surface area contributed by atoms with E-state index in [2.05, 4.69) is 78.4 Å². The number of ether oxygens (including phenoxy) is 1. The number of methoxy groups -OCH3 is 1. The predicted octanol–water partition coefficient (Wildman–Crippen LogP) is 5.36. The Morgan fingerprint density at radius 2 is 1.75 bits per heavy atom. The Morgan fingerprint density at radius 3 is 2.47 bits per heavy atom. The molecular formula is C27H31N3O2. The van der Waals surface area contributed by atoms with Crippen LogP contribution < -0.4 is 9.80 Å². The molecule has 0 radical (unpaired) electrons. The number of hydrogen-bond acceptors (Lipinski definition) is 5. The summed E-state index contributed by atoms with van der Waals surface area (Å²) >= 11 is 0. The van der Waals surface area contributed by atoms with Crippen molar-refractivity contribution in [2.75, 3.05) is 38.1 Å². The van der Waals surface area contributed by atoms with Crippen LogP contribution in [0.3, 0.4) is 0 Å². The van der Waals surface area contributed by atoms with Crippen molar-refractivity contribution in [3.8, 4) is 0 Å². The monoisotopic (exact) mass is 429 g/mol. The lowest BCUT2D eigenvalue weighted by molar-refractivity contribution is 0.0599. The Bertz CT molecular complexity index is 1090. The van der Waals surface area contributed by atoms with Crippen LogP contribution in [0, 0.1) is 0 Å². The third kappa shape index (κ3) is 4.47. The minimum atomic E-state index is -0.291. The highest BCUT2D eigenvalue weighted by Gasteiger charge is 2.24. The van der Waals surface area contributed by atoms with Gasteiger partial charge in [0.15, 0.2) is 0 Å². The van der Waals surface area contributed by atoms with Gasteiger partial charge in [-0.1, -0.05) is 6.07 Å². The molecule has 2 aromatic carbocycles. The molecule has 0 N–H and O–H groups in total. The average molecular weight is 430 g/mol. The maximum atomic E-state index is 12.0. The molecule has 0 spiro atoms. The Labute approximate surface area is 190 Å². The number of anilines is 3. The maximum absolute atomic E-state index is 12.0. The first-order valence-electron chi connectivity index (χ1n) is 11.1. The minimum Gasteiger partial charge on any atom is -0.465 e. The third-order valence-corrected chi connectivity index (χ3v) is 6.54. The summed E-state index contributed by atoms with van der Waals surface area (Å²) in [6.45, 7) is 0. The van der Waals surface area contributed by atoms with Gasteiger partial charge >= 0.3 is 5.97 Å². The molecule has 0 saturated heterocycles. The molecule has 4 rings (SSSR count). The molecule has 1 heterocycles. The van der Waals surface area contributed by atoms with Crippen LogP contribution in [0.5, 0.6) is 0 Å². The fraction of sp³-hybridized carbons (Fsp3) is 0.333. The van der Waals surface area contributed by atoms with Crippen LogP contribution in [-0.4, -0.2) is 39.2 Å². The molecule has 5 heteroatoms. The fourth-order valence-electron chi connectivity index (χ4n) is 4.59. The average Bonchev–Trinajstić information content (AvgIpc) is 3.24. The van der Waals surface area contributed by atoms with Crippen molar-refractivity contribution in [1.82, 2.24) is 4.98 Å². The third-order valence-electron chi connectivity index (χ3n) is 6.54. The van der Waals surface area contributed by atoms with Crippen LogP contribution in [0.25, 0.3) is 0 Å². The molecule has 0 aliphatic heterocycles. The van der Waals surface area contributed by atoms with Crippen molar-refractivity contribution in [3.63, 3.8) is 0 Å². The Kier molecular flexibility index (Phi) is 6.45. The van der Waals surface area contributed by atoms with E-state index in [0.29, 0.717) is 11.5 Å². The van der Waals surface area contributed by atoms with Crippen LogP contribution in [0.1, 0.15) is 45.8 Å². The number of carbonyl (C=O) groups is 1. The van der Waals surface area contributed by atoms with Gasteiger partial charge in [0, 0.05) is 50.6 Å². The molecule has 5 nitrogen and oxygen atoms in total. The zero-order chi connectivity index (χ0) is 22.7. The van der Waals surface area contributed by atoms with Crippen LogP contribution >= 0.6 is 0 Å². The van der Waals surface area contributed by atoms with E-state index >= 15 is 0 Å². The second-order valence-corrected chi connectivity index (χ2v) is 8.65. The van der Waals surface area contributed by atoms with Gasteiger partial charge in [-0.2, -0.15) is 0 Å². The number of rotatable bonds is 7. The summed E-state index contributed by atoms with van der Waals surface area (Å²) in [5, 5.41) is 0. The van der Waals surface area contributed by atoms with Crippen LogP contribution in [0.4, 0.5) is 17.1 Å². The van der Waals surface area contributed by atoms with Gasteiger partial charge in [0.05, 0.1) is 12.7 Å². The number of benzene rings is 2. The first kappa shape index (κ1) is 21.9. The number of hydrogen-bond donors (Lipinski definition) is 0. The molecule has 1 atom stereocenters. The highest BCUT2D eigenvalue weighted by molar-refractivity contribution is 5.90. The summed E-state index contributed by atoms with van der Waals surface area (Å²) in [7, 11) is 7.65. The van der Waals surface area contributed by atoms with Gasteiger partial charge in [-0.15, -0.1) is 0 Å². The second-order valence-electron chi connectivity index (χ2n) is 8.65. The Hall–Kier alpha value is -3.34. The largest absolute Gasteiger partial charge is 0.465 e. The SMILES string of the molecule is COC(=O)c1ccncc1CC[C@@H]1CCc2cc(N(C)c3ccc(N(C)C)cc3)ccc21. The van der Waals surface area contributed by atoms with E-state index < -0.39 is 0 Å². The van der Waals surface area contributed by atoms with E-state index in [-0.39, 0.29) is 5.97 Å². The number of fused-ring (bicyclic) bond motifs is 1. The molecule has 1 aliphatic carbocycles. The van der Waals surface area contributed by atoms with Crippen LogP contribution in [0.15, 0.2) is 60.9 Å². The number of aryl methyl sites for hydroxylation is 2. The molecule has 0 unspecified atom stereocenters. The predicted molar refractivity (Wildman–Crippen MR) is 130 cm³/mol. The summed E-state index contributed by atoms with van der Waals surface area (Å²) in [4.78, 5) is 20.6. The quantitative estimate of drug-likeness (QED) is 0.473. The van der Waals surface area contributed by atoms with Gasteiger partial charge in [-0.05, 0) is 90.8 Å². The van der Waals surface area contributed by atoms with Gasteiger partial charge in [-0.3, -0.25) is 4.98 Å². The Balaban J connectivity index is 1.47. The molecule has 166 valence electrons. The molecule has 0 fully saturated rings. The first-order chi connectivity index (χ1) is 15.5. The van der Waals surface area contributed by atoms with E-state index in [4.69, 9.17) is 4.74 Å². The van der Waals surface area contributed by atoms with Gasteiger partial charge in [0.1, 0.15) is 0 Å². The van der Waals surface area contributed by atoms with Crippen LogP contribution in [-0.2, 0) is 17.6 Å². The molecule has 1 aliphatic rings. The van der Waals surface area contributed by atoms with Crippen molar-refractivity contribution in [1.29, 1.82) is 0 Å². The van der Waals surface area contributed by atoms with Gasteiger partial charge in [0.2, 0.25) is 0 Å². The maximum Gasteiger partial charge on any atom is 0.338 e. The lowest BCUT2D eigenvalue weighted by Crippen LogP contribution is -2.11. The van der Waals surface area contributed by atoms with E-state index in [1.54, 1.807) is 18.5 Å². The van der Waals surface area contributed by atoms with Crippen LogP contribution in [0.2, 0.25) is 0 Å². The standard InChI is InChI=1S/C27H31N3O2/c1-29(2)22-9-11-23(12-10-22)30(3)24-13-14-25-19(5-7-20(25)17-24)6-8-21-18-28-16-15-26(21)27(31)32-4/h9-19H,5-8H2,1-4H3/t19-/m0/s1. The fourth-order valence-corrected chi connectivity index (χ4v) is 4.59. The number of pyridine rings is 1. The molecule has 0 bridgehead atoms. The van der Waals surface area contributed by atoms with E-state index in [9.17, 15) is 4.79 Å². The zero-order valence-corrected chi connectivity index (χ0v) is 19.3. The van der Waals surface area contributed by atoms with E-state index in [1.165, 1.54) is 35.3 Å². The Morgan fingerprint density at radius 1 is 1.03 bits per heavy atom. The zero-order valence-electron chi connectivity index (χ0n) is 19.3. The number of nitrogens with zero attached hydrogens (tertiary/aromatic N) is 3. The van der Waals surface area contributed by atoms with E-state index in [0.717, 1.165) is 31.2 Å². The van der Waals surface area contributed by atoms with Crippen molar-refractivity contribution in [2.24, 2.45) is 0 Å². The van der Waals surface area contributed by atoms with Crippen molar-refractivity contribution >= 4 is 23.0 Å². The summed E-state index contributed by atoms with van der Waals surface area (Å²) in [6, 6.07) is 17.2. The highest BCUT2D eigenvalue weighted by atomic mass is 16.5. The van der Waals surface area contributed by atoms with Crippen molar-refractivity contribution in [2.45, 2.75) is 31.6 Å². The smallest absolute Gasteiger partial charge is 0.338 e. The normalized spacial score (nSPS) is 14.7. The summed E-state index contributed by atoms with van der Waals surface area (Å²) in [5.74, 6) is 0.218. The minimum absolute atomic E-state index is 0.291. The highest BCUT2D eigenvalue weighted by Crippen LogP contribution is 2.39. The molecule has 0 saturated carbocycles. The first-order valence-corrected chi connectivity index (χ1v) is 11.1. The molecule has 32 heavy (non-hydrogen) atoms. The lowest BCUT2D eigenvalue weighted by Gasteiger charge is -2.22. The summed E-state index contributed by atoms with van der Waals surface area (Å²) in [5.41, 5.74) is 8.04. The summed E-state index contributed by atoms with van der Waals surface area (Å²) < 4.78 is 4.92.